The molecule has 0 amide bonds. The maximum Gasteiger partial charge on any atom is 0.210 e. The minimum atomic E-state index is 0.728. The summed E-state index contributed by atoms with van der Waals surface area (Å²) in [5, 5.41) is 12.0. The van der Waals surface area contributed by atoms with Crippen molar-refractivity contribution in [1.29, 1.82) is 0 Å². The van der Waals surface area contributed by atoms with Gasteiger partial charge in [-0.3, -0.25) is 0 Å². The molecule has 2 aromatic rings. The fourth-order valence-electron chi connectivity index (χ4n) is 1.35. The second-order valence-electron chi connectivity index (χ2n) is 3.30. The summed E-state index contributed by atoms with van der Waals surface area (Å²) in [7, 11) is 3.24. The third-order valence-corrected chi connectivity index (χ3v) is 4.00. The first kappa shape index (κ1) is 13.0. The number of hydrogen-bond acceptors (Lipinski definition) is 7. The molecule has 0 aliphatic heterocycles. The standard InChI is InChI=1S/C11H13N3O2S2/c1-15-8-4-7(5-9(6-8)16-2)12-10-13-14-11(17-3)18-10/h4-6H,1-3H3,(H,12,13). The van der Waals surface area contributed by atoms with E-state index in [4.69, 9.17) is 9.47 Å². The zero-order chi connectivity index (χ0) is 13.0. The van der Waals surface area contributed by atoms with Crippen LogP contribution in [0.25, 0.3) is 0 Å². The molecule has 0 aliphatic rings. The lowest BCUT2D eigenvalue weighted by atomic mass is 10.3. The van der Waals surface area contributed by atoms with Crippen LogP contribution in [0.3, 0.4) is 0 Å². The van der Waals surface area contributed by atoms with Crippen LogP contribution < -0.4 is 14.8 Å². The van der Waals surface area contributed by atoms with Gasteiger partial charge in [-0.2, -0.15) is 0 Å². The Kier molecular flexibility index (Phi) is 4.27. The van der Waals surface area contributed by atoms with Crippen LogP contribution in [-0.2, 0) is 0 Å². The van der Waals surface area contributed by atoms with Gasteiger partial charge in [-0.15, -0.1) is 10.2 Å². The average molecular weight is 283 g/mol. The Hall–Kier alpha value is -1.47. The van der Waals surface area contributed by atoms with E-state index in [0.717, 1.165) is 26.7 Å². The number of ether oxygens (including phenoxy) is 2. The molecule has 0 atom stereocenters. The van der Waals surface area contributed by atoms with Crippen LogP contribution in [0, 0.1) is 0 Å². The summed E-state index contributed by atoms with van der Waals surface area (Å²) in [5.41, 5.74) is 0.856. The molecule has 1 heterocycles. The Balaban J connectivity index is 2.22. The minimum Gasteiger partial charge on any atom is -0.497 e. The van der Waals surface area contributed by atoms with Crippen molar-refractivity contribution >= 4 is 33.9 Å². The van der Waals surface area contributed by atoms with Crippen molar-refractivity contribution in [2.75, 3.05) is 25.8 Å². The number of rotatable bonds is 5. The molecule has 0 bridgehead atoms. The fourth-order valence-corrected chi connectivity index (χ4v) is 2.54. The molecule has 0 radical (unpaired) electrons. The zero-order valence-electron chi connectivity index (χ0n) is 10.3. The van der Waals surface area contributed by atoms with Crippen molar-refractivity contribution < 1.29 is 9.47 Å². The maximum atomic E-state index is 5.20. The van der Waals surface area contributed by atoms with Crippen LogP contribution in [0.15, 0.2) is 22.5 Å². The Bertz CT molecular complexity index is 509. The molecule has 96 valence electrons. The third-order valence-electron chi connectivity index (χ3n) is 2.18. The highest BCUT2D eigenvalue weighted by atomic mass is 32.2. The summed E-state index contributed by atoms with van der Waals surface area (Å²) in [4.78, 5) is 0. The lowest BCUT2D eigenvalue weighted by molar-refractivity contribution is 0.395. The van der Waals surface area contributed by atoms with Gasteiger partial charge in [0.1, 0.15) is 11.5 Å². The SMILES string of the molecule is COc1cc(Nc2nnc(SC)s2)cc(OC)c1. The maximum absolute atomic E-state index is 5.20. The van der Waals surface area contributed by atoms with Crippen LogP contribution in [0.5, 0.6) is 11.5 Å². The van der Waals surface area contributed by atoms with Gasteiger partial charge in [-0.05, 0) is 6.26 Å². The van der Waals surface area contributed by atoms with Crippen molar-refractivity contribution in [3.05, 3.63) is 18.2 Å². The summed E-state index contributed by atoms with van der Waals surface area (Å²) in [6, 6.07) is 5.57. The highest BCUT2D eigenvalue weighted by Gasteiger charge is 2.06. The molecule has 2 rings (SSSR count). The predicted octanol–water partition coefficient (Wildman–Crippen LogP) is 3.02. The van der Waals surface area contributed by atoms with Gasteiger partial charge in [-0.1, -0.05) is 23.1 Å². The van der Waals surface area contributed by atoms with E-state index < -0.39 is 0 Å². The highest BCUT2D eigenvalue weighted by molar-refractivity contribution is 8.00. The first-order chi connectivity index (χ1) is 8.75. The van der Waals surface area contributed by atoms with Gasteiger partial charge >= 0.3 is 0 Å². The van der Waals surface area contributed by atoms with E-state index in [1.54, 1.807) is 26.0 Å². The Morgan fingerprint density at radius 2 is 1.78 bits per heavy atom. The van der Waals surface area contributed by atoms with E-state index in [9.17, 15) is 0 Å². The first-order valence-electron chi connectivity index (χ1n) is 5.12. The van der Waals surface area contributed by atoms with Crippen LogP contribution in [0.1, 0.15) is 0 Å². The largest absolute Gasteiger partial charge is 0.497 e. The molecule has 7 heteroatoms. The second kappa shape index (κ2) is 5.92. The first-order valence-corrected chi connectivity index (χ1v) is 7.17. The third kappa shape index (κ3) is 3.05. The van der Waals surface area contributed by atoms with Crippen molar-refractivity contribution in [3.8, 4) is 11.5 Å². The Morgan fingerprint density at radius 3 is 2.28 bits per heavy atom. The topological polar surface area (TPSA) is 56.3 Å². The molecular formula is C11H13N3O2S2. The van der Waals surface area contributed by atoms with Gasteiger partial charge < -0.3 is 14.8 Å². The van der Waals surface area contributed by atoms with Gasteiger partial charge in [0.05, 0.1) is 14.2 Å². The number of methoxy groups -OCH3 is 2. The monoisotopic (exact) mass is 283 g/mol. The van der Waals surface area contributed by atoms with Crippen molar-refractivity contribution in [2.45, 2.75) is 4.34 Å². The number of anilines is 2. The molecule has 0 saturated heterocycles. The van der Waals surface area contributed by atoms with Crippen LogP contribution in [0.2, 0.25) is 0 Å². The van der Waals surface area contributed by atoms with E-state index >= 15 is 0 Å². The lowest BCUT2D eigenvalue weighted by Crippen LogP contribution is -1.93. The van der Waals surface area contributed by atoms with Crippen LogP contribution in [-0.4, -0.2) is 30.7 Å². The molecular weight excluding hydrogens is 270 g/mol. The average Bonchev–Trinajstić information content (AvgIpc) is 2.85. The summed E-state index contributed by atoms with van der Waals surface area (Å²) in [5.74, 6) is 1.46. The van der Waals surface area contributed by atoms with Gasteiger partial charge in [0.25, 0.3) is 0 Å². The molecule has 1 aromatic carbocycles. The second-order valence-corrected chi connectivity index (χ2v) is 5.33. The van der Waals surface area contributed by atoms with Gasteiger partial charge in [0, 0.05) is 23.9 Å². The zero-order valence-corrected chi connectivity index (χ0v) is 11.9. The predicted molar refractivity (Wildman–Crippen MR) is 74.5 cm³/mol. The van der Waals surface area contributed by atoms with Crippen molar-refractivity contribution in [2.24, 2.45) is 0 Å². The molecule has 0 saturated carbocycles. The molecule has 1 N–H and O–H groups in total. The van der Waals surface area contributed by atoms with Gasteiger partial charge in [-0.25, -0.2) is 0 Å². The number of nitrogens with one attached hydrogen (secondary N) is 1. The normalized spacial score (nSPS) is 10.2. The number of thioether (sulfide) groups is 1. The number of benzene rings is 1. The van der Waals surface area contributed by atoms with E-state index in [1.807, 2.05) is 24.5 Å². The molecule has 18 heavy (non-hydrogen) atoms. The number of hydrogen-bond donors (Lipinski definition) is 1. The summed E-state index contributed by atoms with van der Waals surface area (Å²) in [6.45, 7) is 0. The highest BCUT2D eigenvalue weighted by Crippen LogP contribution is 2.30. The summed E-state index contributed by atoms with van der Waals surface area (Å²) >= 11 is 3.07. The quantitative estimate of drug-likeness (QED) is 0.851. The van der Waals surface area contributed by atoms with Crippen molar-refractivity contribution in [3.63, 3.8) is 0 Å². The van der Waals surface area contributed by atoms with Crippen LogP contribution in [0.4, 0.5) is 10.8 Å². The molecule has 0 spiro atoms. The smallest absolute Gasteiger partial charge is 0.210 e. The lowest BCUT2D eigenvalue weighted by Gasteiger charge is -2.08. The molecule has 0 fully saturated rings. The van der Waals surface area contributed by atoms with Gasteiger partial charge in [0.15, 0.2) is 4.34 Å². The summed E-state index contributed by atoms with van der Waals surface area (Å²) in [6.07, 6.45) is 1.97. The molecule has 0 aliphatic carbocycles. The molecule has 5 nitrogen and oxygen atoms in total. The molecule has 0 unspecified atom stereocenters. The van der Waals surface area contributed by atoms with E-state index in [0.29, 0.717) is 0 Å². The Morgan fingerprint density at radius 1 is 1.11 bits per heavy atom. The van der Waals surface area contributed by atoms with E-state index in [-0.39, 0.29) is 0 Å². The van der Waals surface area contributed by atoms with Crippen molar-refractivity contribution in [1.82, 2.24) is 10.2 Å². The van der Waals surface area contributed by atoms with E-state index in [2.05, 4.69) is 15.5 Å². The number of nitrogens with zero attached hydrogens (tertiary/aromatic N) is 2. The van der Waals surface area contributed by atoms with E-state index in [1.165, 1.54) is 11.3 Å². The van der Waals surface area contributed by atoms with Crippen LogP contribution >= 0.6 is 23.1 Å². The summed E-state index contributed by atoms with van der Waals surface area (Å²) < 4.78 is 11.3. The molecule has 1 aromatic heterocycles. The number of aromatic nitrogens is 2. The Labute approximate surface area is 114 Å². The minimum absolute atomic E-state index is 0.728. The van der Waals surface area contributed by atoms with Gasteiger partial charge in [0.2, 0.25) is 5.13 Å². The fraction of sp³-hybridized carbons (Fsp3) is 0.273.